The Hall–Kier alpha value is -1.33. The lowest BCUT2D eigenvalue weighted by atomic mass is 10.0. The van der Waals surface area contributed by atoms with Crippen LogP contribution in [0.25, 0.3) is 0 Å². The van der Waals surface area contributed by atoms with E-state index >= 15 is 0 Å². The molecule has 1 rings (SSSR count). The average molecular weight is 188 g/mol. The molecule has 1 aromatic rings. The molecule has 0 aliphatic carbocycles. The van der Waals surface area contributed by atoms with Crippen LogP contribution in [0.3, 0.4) is 0 Å². The Morgan fingerprint density at radius 1 is 1.36 bits per heavy atom. The van der Waals surface area contributed by atoms with Gasteiger partial charge in [0.25, 0.3) is 0 Å². The largest absolute Gasteiger partial charge is 0.304 e. The summed E-state index contributed by atoms with van der Waals surface area (Å²) in [4.78, 5) is 0. The number of nitrogens with one attached hydrogen (secondary N) is 1. The number of nitriles is 1. The molecule has 0 aliphatic rings. The fourth-order valence-electron chi connectivity index (χ4n) is 1.44. The zero-order valence-corrected chi connectivity index (χ0v) is 8.80. The molecule has 14 heavy (non-hydrogen) atoms. The van der Waals surface area contributed by atoms with E-state index in [0.717, 1.165) is 13.0 Å². The first kappa shape index (κ1) is 10.7. The number of hydrogen-bond acceptors (Lipinski definition) is 2. The van der Waals surface area contributed by atoms with E-state index in [1.165, 1.54) is 16.7 Å². The summed E-state index contributed by atoms with van der Waals surface area (Å²) in [7, 11) is 0. The molecule has 2 nitrogen and oxygen atoms in total. The number of aryl methyl sites for hydroxylation is 2. The second-order valence-electron chi connectivity index (χ2n) is 3.51. The van der Waals surface area contributed by atoms with Gasteiger partial charge in [-0.3, -0.25) is 0 Å². The number of nitrogens with zero attached hydrogens (tertiary/aromatic N) is 1. The van der Waals surface area contributed by atoms with Crippen LogP contribution < -0.4 is 5.32 Å². The SMILES string of the molecule is Cc1ccc(C)c(CCNCC#N)c1. The van der Waals surface area contributed by atoms with Gasteiger partial charge in [-0.25, -0.2) is 0 Å². The molecule has 0 amide bonds. The van der Waals surface area contributed by atoms with Gasteiger partial charge < -0.3 is 5.32 Å². The van der Waals surface area contributed by atoms with Crippen molar-refractivity contribution in [3.63, 3.8) is 0 Å². The summed E-state index contributed by atoms with van der Waals surface area (Å²) in [6.07, 6.45) is 0.995. The fraction of sp³-hybridized carbons (Fsp3) is 0.417. The third-order valence-corrected chi connectivity index (χ3v) is 2.28. The number of hydrogen-bond donors (Lipinski definition) is 1. The topological polar surface area (TPSA) is 35.8 Å². The lowest BCUT2D eigenvalue weighted by Gasteiger charge is -2.06. The molecule has 2 heteroatoms. The van der Waals surface area contributed by atoms with Crippen LogP contribution in [0.4, 0.5) is 0 Å². The van der Waals surface area contributed by atoms with Gasteiger partial charge in [-0.15, -0.1) is 0 Å². The molecule has 0 unspecified atom stereocenters. The molecule has 1 N–H and O–H groups in total. The fourth-order valence-corrected chi connectivity index (χ4v) is 1.44. The predicted octanol–water partition coefficient (Wildman–Crippen LogP) is 1.96. The highest BCUT2D eigenvalue weighted by Crippen LogP contribution is 2.10. The molecular weight excluding hydrogens is 172 g/mol. The van der Waals surface area contributed by atoms with Gasteiger partial charge in [-0.05, 0) is 31.4 Å². The maximum absolute atomic E-state index is 8.35. The van der Waals surface area contributed by atoms with Gasteiger partial charge in [-0.2, -0.15) is 5.26 Å². The van der Waals surface area contributed by atoms with E-state index in [-0.39, 0.29) is 0 Å². The smallest absolute Gasteiger partial charge is 0.0841 e. The summed E-state index contributed by atoms with van der Waals surface area (Å²) in [5, 5.41) is 11.4. The van der Waals surface area contributed by atoms with Gasteiger partial charge in [0.2, 0.25) is 0 Å². The van der Waals surface area contributed by atoms with E-state index in [1.54, 1.807) is 0 Å². The molecule has 0 bridgehead atoms. The molecule has 74 valence electrons. The maximum atomic E-state index is 8.35. The highest BCUT2D eigenvalue weighted by Gasteiger charge is 1.97. The van der Waals surface area contributed by atoms with Gasteiger partial charge in [0.1, 0.15) is 0 Å². The first-order valence-electron chi connectivity index (χ1n) is 4.88. The highest BCUT2D eigenvalue weighted by atomic mass is 14.8. The molecule has 0 spiro atoms. The average Bonchev–Trinajstić information content (AvgIpc) is 2.18. The van der Waals surface area contributed by atoms with Crippen molar-refractivity contribution in [2.75, 3.05) is 13.1 Å². The first-order chi connectivity index (χ1) is 6.74. The number of benzene rings is 1. The van der Waals surface area contributed by atoms with E-state index in [0.29, 0.717) is 6.54 Å². The standard InChI is InChI=1S/C12H16N2/c1-10-3-4-11(2)12(9-10)5-7-14-8-6-13/h3-4,9,14H,5,7-8H2,1-2H3. The Balaban J connectivity index is 2.50. The van der Waals surface area contributed by atoms with Crippen LogP contribution in [0.2, 0.25) is 0 Å². The van der Waals surface area contributed by atoms with Crippen LogP contribution >= 0.6 is 0 Å². The Kier molecular flexibility index (Phi) is 4.15. The molecule has 1 aromatic carbocycles. The number of rotatable bonds is 4. The van der Waals surface area contributed by atoms with Gasteiger partial charge >= 0.3 is 0 Å². The van der Waals surface area contributed by atoms with Crippen LogP contribution in [0, 0.1) is 25.2 Å². The van der Waals surface area contributed by atoms with Crippen LogP contribution in [0.15, 0.2) is 18.2 Å². The van der Waals surface area contributed by atoms with Crippen molar-refractivity contribution in [1.82, 2.24) is 5.32 Å². The summed E-state index contributed by atoms with van der Waals surface area (Å²) in [6, 6.07) is 8.55. The highest BCUT2D eigenvalue weighted by molar-refractivity contribution is 5.30. The Morgan fingerprint density at radius 2 is 2.14 bits per heavy atom. The minimum Gasteiger partial charge on any atom is -0.304 e. The molecule has 0 heterocycles. The van der Waals surface area contributed by atoms with E-state index in [1.807, 2.05) is 0 Å². The lowest BCUT2D eigenvalue weighted by molar-refractivity contribution is 0.747. The van der Waals surface area contributed by atoms with Crippen molar-refractivity contribution in [2.24, 2.45) is 0 Å². The molecule has 0 saturated carbocycles. The zero-order valence-electron chi connectivity index (χ0n) is 8.80. The van der Waals surface area contributed by atoms with E-state index in [2.05, 4.69) is 43.4 Å². The Morgan fingerprint density at radius 3 is 2.86 bits per heavy atom. The third kappa shape index (κ3) is 3.20. The van der Waals surface area contributed by atoms with Gasteiger partial charge in [-0.1, -0.05) is 23.8 Å². The molecule has 0 atom stereocenters. The van der Waals surface area contributed by atoms with Crippen molar-refractivity contribution in [2.45, 2.75) is 20.3 Å². The molecule has 0 aromatic heterocycles. The lowest BCUT2D eigenvalue weighted by Crippen LogP contribution is -2.17. The van der Waals surface area contributed by atoms with Gasteiger partial charge in [0.05, 0.1) is 12.6 Å². The minimum absolute atomic E-state index is 0.435. The summed E-state index contributed by atoms with van der Waals surface area (Å²) >= 11 is 0. The molecule has 0 fully saturated rings. The normalized spacial score (nSPS) is 9.79. The Labute approximate surface area is 85.6 Å². The van der Waals surface area contributed by atoms with Crippen LogP contribution in [0.1, 0.15) is 16.7 Å². The summed E-state index contributed by atoms with van der Waals surface area (Å²) < 4.78 is 0. The summed E-state index contributed by atoms with van der Waals surface area (Å²) in [6.45, 7) is 5.54. The van der Waals surface area contributed by atoms with Crippen molar-refractivity contribution in [3.8, 4) is 6.07 Å². The van der Waals surface area contributed by atoms with Crippen LogP contribution in [0.5, 0.6) is 0 Å². The van der Waals surface area contributed by atoms with Crippen molar-refractivity contribution in [1.29, 1.82) is 5.26 Å². The molecule has 0 saturated heterocycles. The van der Waals surface area contributed by atoms with Crippen LogP contribution in [-0.2, 0) is 6.42 Å². The minimum atomic E-state index is 0.435. The van der Waals surface area contributed by atoms with Crippen LogP contribution in [-0.4, -0.2) is 13.1 Å². The quantitative estimate of drug-likeness (QED) is 0.579. The van der Waals surface area contributed by atoms with Gasteiger partial charge in [0.15, 0.2) is 0 Å². The van der Waals surface area contributed by atoms with Gasteiger partial charge in [0, 0.05) is 6.54 Å². The van der Waals surface area contributed by atoms with Crippen molar-refractivity contribution >= 4 is 0 Å². The second-order valence-corrected chi connectivity index (χ2v) is 3.51. The maximum Gasteiger partial charge on any atom is 0.0841 e. The van der Waals surface area contributed by atoms with Crippen molar-refractivity contribution in [3.05, 3.63) is 34.9 Å². The third-order valence-electron chi connectivity index (χ3n) is 2.28. The summed E-state index contributed by atoms with van der Waals surface area (Å²) in [5.74, 6) is 0. The summed E-state index contributed by atoms with van der Waals surface area (Å²) in [5.41, 5.74) is 4.00. The molecule has 0 aliphatic heterocycles. The Bertz CT molecular complexity index is 337. The second kappa shape index (κ2) is 5.41. The van der Waals surface area contributed by atoms with E-state index < -0.39 is 0 Å². The van der Waals surface area contributed by atoms with Crippen molar-refractivity contribution < 1.29 is 0 Å². The zero-order chi connectivity index (χ0) is 10.4. The molecular formula is C12H16N2. The monoisotopic (exact) mass is 188 g/mol. The van der Waals surface area contributed by atoms with E-state index in [9.17, 15) is 0 Å². The first-order valence-corrected chi connectivity index (χ1v) is 4.88. The van der Waals surface area contributed by atoms with E-state index in [4.69, 9.17) is 5.26 Å². The molecule has 0 radical (unpaired) electrons. The predicted molar refractivity (Wildman–Crippen MR) is 58.1 cm³/mol.